The molecule has 1 aromatic rings. The van der Waals surface area contributed by atoms with E-state index in [1.165, 1.54) is 0 Å². The van der Waals surface area contributed by atoms with E-state index < -0.39 is 0 Å². The lowest BCUT2D eigenvalue weighted by molar-refractivity contribution is -0.268. The van der Waals surface area contributed by atoms with Gasteiger partial charge in [0.05, 0.1) is 31.5 Å². The number of hydrogen-bond donors (Lipinski definition) is 0. The van der Waals surface area contributed by atoms with Crippen molar-refractivity contribution in [3.63, 3.8) is 0 Å². The Morgan fingerprint density at radius 2 is 2.04 bits per heavy atom. The van der Waals surface area contributed by atoms with E-state index in [1.807, 2.05) is 18.2 Å². The zero-order valence-corrected chi connectivity index (χ0v) is 14.8. The Labute approximate surface area is 148 Å². The first-order valence-corrected chi connectivity index (χ1v) is 8.99. The molecule has 1 aromatic carbocycles. The molecule has 0 radical (unpaired) electrons. The highest BCUT2D eigenvalue weighted by molar-refractivity contribution is 5.76. The number of rotatable bonds is 8. The van der Waals surface area contributed by atoms with Gasteiger partial charge >= 0.3 is 0 Å². The first-order chi connectivity index (χ1) is 12.3. The van der Waals surface area contributed by atoms with Crippen molar-refractivity contribution in [3.05, 3.63) is 35.9 Å². The normalized spacial score (nSPS) is 26.5. The Kier molecular flexibility index (Phi) is 6.81. The number of methoxy groups -OCH3 is 1. The van der Waals surface area contributed by atoms with Crippen LogP contribution in [0.15, 0.2) is 30.3 Å². The quantitative estimate of drug-likeness (QED) is 0.533. The highest BCUT2D eigenvalue weighted by Gasteiger charge is 2.41. The van der Waals surface area contributed by atoms with Crippen LogP contribution in [0.2, 0.25) is 0 Å². The molecule has 0 bridgehead atoms. The van der Waals surface area contributed by atoms with Crippen LogP contribution in [0, 0.1) is 0 Å². The maximum Gasteiger partial charge on any atom is 0.246 e. The second kappa shape index (κ2) is 9.29. The van der Waals surface area contributed by atoms with Gasteiger partial charge in [0.25, 0.3) is 0 Å². The van der Waals surface area contributed by atoms with Gasteiger partial charge < -0.3 is 14.2 Å². The van der Waals surface area contributed by atoms with Gasteiger partial charge in [-0.2, -0.15) is 0 Å². The number of fused-ring (bicyclic) bond motifs is 1. The van der Waals surface area contributed by atoms with Crippen LogP contribution in [0.1, 0.15) is 37.7 Å². The predicted molar refractivity (Wildman–Crippen MR) is 91.4 cm³/mol. The van der Waals surface area contributed by atoms with E-state index in [0.717, 1.165) is 31.2 Å². The molecule has 6 nitrogen and oxygen atoms in total. The summed E-state index contributed by atoms with van der Waals surface area (Å²) < 4.78 is 16.3. The van der Waals surface area contributed by atoms with Gasteiger partial charge in [-0.1, -0.05) is 30.3 Å². The Hall–Kier alpha value is -1.47. The molecule has 2 fully saturated rings. The summed E-state index contributed by atoms with van der Waals surface area (Å²) >= 11 is 0. The van der Waals surface area contributed by atoms with Gasteiger partial charge in [-0.25, -0.2) is 5.06 Å². The lowest BCUT2D eigenvalue weighted by Crippen LogP contribution is -2.56. The number of piperidine rings is 1. The lowest BCUT2D eigenvalue weighted by atomic mass is 9.93. The van der Waals surface area contributed by atoms with Gasteiger partial charge in [0, 0.05) is 13.5 Å². The molecule has 0 N–H and O–H groups in total. The first-order valence-electron chi connectivity index (χ1n) is 8.99. The van der Waals surface area contributed by atoms with Crippen LogP contribution in [0.4, 0.5) is 0 Å². The third-order valence-corrected chi connectivity index (χ3v) is 4.76. The van der Waals surface area contributed by atoms with Crippen molar-refractivity contribution < 1.29 is 23.8 Å². The summed E-state index contributed by atoms with van der Waals surface area (Å²) in [5.74, 6) is 0.0621. The minimum absolute atomic E-state index is 0.0149. The van der Waals surface area contributed by atoms with E-state index in [2.05, 4.69) is 12.1 Å². The molecule has 6 heteroatoms. The monoisotopic (exact) mass is 349 g/mol. The molecule has 2 saturated heterocycles. The van der Waals surface area contributed by atoms with Gasteiger partial charge in [0.15, 0.2) is 0 Å². The van der Waals surface area contributed by atoms with Gasteiger partial charge in [0.1, 0.15) is 6.79 Å². The summed E-state index contributed by atoms with van der Waals surface area (Å²) in [6.45, 7) is 1.42. The van der Waals surface area contributed by atoms with E-state index >= 15 is 0 Å². The summed E-state index contributed by atoms with van der Waals surface area (Å²) in [5.41, 5.74) is 1.15. The second-order valence-electron chi connectivity index (χ2n) is 6.57. The molecule has 2 heterocycles. The van der Waals surface area contributed by atoms with Crippen molar-refractivity contribution in [2.24, 2.45) is 0 Å². The predicted octanol–water partition coefficient (Wildman–Crippen LogP) is 2.67. The highest BCUT2D eigenvalue weighted by atomic mass is 16.7. The van der Waals surface area contributed by atoms with E-state index in [0.29, 0.717) is 19.6 Å². The fourth-order valence-corrected chi connectivity index (χ4v) is 3.44. The van der Waals surface area contributed by atoms with E-state index in [1.54, 1.807) is 12.2 Å². The van der Waals surface area contributed by atoms with E-state index in [-0.39, 0.29) is 30.9 Å². The van der Waals surface area contributed by atoms with Crippen LogP contribution < -0.4 is 0 Å². The molecule has 2 aliphatic rings. The average Bonchev–Trinajstić information content (AvgIpc) is 2.66. The zero-order valence-electron chi connectivity index (χ0n) is 14.8. The molecule has 0 aromatic heterocycles. The topological polar surface area (TPSA) is 57.2 Å². The van der Waals surface area contributed by atoms with E-state index in [9.17, 15) is 4.79 Å². The summed E-state index contributed by atoms with van der Waals surface area (Å²) in [5, 5.41) is 1.57. The number of carbonyl (C=O) groups excluding carboxylic acids is 1. The Bertz CT molecular complexity index is 538. The molecule has 0 aliphatic carbocycles. The molecule has 1 amide bonds. The van der Waals surface area contributed by atoms with Crippen molar-refractivity contribution in [2.75, 3.05) is 20.5 Å². The zero-order chi connectivity index (χ0) is 17.5. The van der Waals surface area contributed by atoms with Crippen molar-refractivity contribution >= 4 is 5.91 Å². The molecule has 0 spiro atoms. The van der Waals surface area contributed by atoms with Crippen molar-refractivity contribution in [2.45, 2.75) is 57.0 Å². The molecule has 2 aliphatic heterocycles. The van der Waals surface area contributed by atoms with Gasteiger partial charge in [-0.05, 0) is 31.2 Å². The third kappa shape index (κ3) is 5.01. The number of amides is 1. The lowest BCUT2D eigenvalue weighted by Gasteiger charge is -2.45. The van der Waals surface area contributed by atoms with Crippen LogP contribution in [0.5, 0.6) is 0 Å². The number of hydrogen-bond acceptors (Lipinski definition) is 5. The minimum Gasteiger partial charge on any atom is -0.371 e. The smallest absolute Gasteiger partial charge is 0.246 e. The highest BCUT2D eigenvalue weighted by Crippen LogP contribution is 2.32. The standard InChI is InChI=1S/C19H27NO5/c1-22-14-23-12-11-16-7-8-17-18(9-10-19(21)20(17)25-16)24-13-15-5-3-2-4-6-15/h2-6,16-18H,7-14H2,1H3/t16-,17?,18-/m0/s1. The molecule has 25 heavy (non-hydrogen) atoms. The number of benzene rings is 1. The maximum absolute atomic E-state index is 12.3. The molecule has 138 valence electrons. The third-order valence-electron chi connectivity index (χ3n) is 4.76. The second-order valence-corrected chi connectivity index (χ2v) is 6.57. The Balaban J connectivity index is 1.51. The van der Waals surface area contributed by atoms with Gasteiger partial charge in [-0.3, -0.25) is 9.63 Å². The average molecular weight is 349 g/mol. The van der Waals surface area contributed by atoms with Crippen molar-refractivity contribution in [1.82, 2.24) is 5.06 Å². The van der Waals surface area contributed by atoms with Crippen LogP contribution in [-0.4, -0.2) is 49.7 Å². The van der Waals surface area contributed by atoms with Gasteiger partial charge in [-0.15, -0.1) is 0 Å². The summed E-state index contributed by atoms with van der Waals surface area (Å²) in [6.07, 6.45) is 3.86. The summed E-state index contributed by atoms with van der Waals surface area (Å²) in [7, 11) is 1.60. The minimum atomic E-state index is 0.0149. The largest absolute Gasteiger partial charge is 0.371 e. The summed E-state index contributed by atoms with van der Waals surface area (Å²) in [6, 6.07) is 10.1. The summed E-state index contributed by atoms with van der Waals surface area (Å²) in [4.78, 5) is 18.2. The van der Waals surface area contributed by atoms with Crippen LogP contribution in [0.3, 0.4) is 0 Å². The molecule has 0 saturated carbocycles. The number of ether oxygens (including phenoxy) is 3. The molecular formula is C19H27NO5. The fraction of sp³-hybridized carbons (Fsp3) is 0.632. The number of carbonyl (C=O) groups is 1. The van der Waals surface area contributed by atoms with Crippen LogP contribution in [-0.2, 0) is 30.4 Å². The molecular weight excluding hydrogens is 322 g/mol. The molecule has 3 rings (SSSR count). The van der Waals surface area contributed by atoms with Crippen molar-refractivity contribution in [3.8, 4) is 0 Å². The maximum atomic E-state index is 12.3. The number of hydroxylamine groups is 2. The Morgan fingerprint density at radius 1 is 1.20 bits per heavy atom. The molecule has 1 unspecified atom stereocenters. The SMILES string of the molecule is COCOCC[C@@H]1CCC2[C@@H](OCc3ccccc3)CCC(=O)N2O1. The molecule has 3 atom stereocenters. The van der Waals surface area contributed by atoms with Gasteiger partial charge in [0.2, 0.25) is 5.91 Å². The number of nitrogens with zero attached hydrogens (tertiary/aromatic N) is 1. The fourth-order valence-electron chi connectivity index (χ4n) is 3.44. The van der Waals surface area contributed by atoms with Crippen LogP contribution >= 0.6 is 0 Å². The first kappa shape index (κ1) is 18.3. The van der Waals surface area contributed by atoms with Crippen LogP contribution in [0.25, 0.3) is 0 Å². The van der Waals surface area contributed by atoms with E-state index in [4.69, 9.17) is 19.0 Å². The van der Waals surface area contributed by atoms with Crippen molar-refractivity contribution in [1.29, 1.82) is 0 Å². The Morgan fingerprint density at radius 3 is 2.84 bits per heavy atom.